The molecule has 11 heteroatoms. The van der Waals surface area contributed by atoms with Crippen LogP contribution in [0, 0.1) is 11.6 Å². The van der Waals surface area contributed by atoms with E-state index in [0.29, 0.717) is 25.2 Å². The number of carbonyl (C=O) groups excluding carboxylic acids is 2. The minimum Gasteiger partial charge on any atom is -0.347 e. The third kappa shape index (κ3) is 4.85. The molecular formula is C19H21F2N7O2. The molecule has 2 heterocycles. The van der Waals surface area contributed by atoms with Crippen LogP contribution in [0.15, 0.2) is 37.1 Å². The van der Waals surface area contributed by atoms with Crippen LogP contribution in [0.25, 0.3) is 0 Å². The number of nitrogens with one attached hydrogen (secondary N) is 1. The summed E-state index contributed by atoms with van der Waals surface area (Å²) in [6.07, 6.45) is 5.69. The maximum atomic E-state index is 13.8. The van der Waals surface area contributed by atoms with E-state index in [0.717, 1.165) is 12.1 Å². The molecule has 3 aromatic rings. The minimum absolute atomic E-state index is 0.0948. The maximum absolute atomic E-state index is 13.8. The van der Waals surface area contributed by atoms with Gasteiger partial charge < -0.3 is 14.8 Å². The molecule has 0 aliphatic heterocycles. The summed E-state index contributed by atoms with van der Waals surface area (Å²) in [5, 5.41) is 6.78. The quantitative estimate of drug-likeness (QED) is 0.534. The monoisotopic (exact) mass is 417 g/mol. The fourth-order valence-corrected chi connectivity index (χ4v) is 2.85. The van der Waals surface area contributed by atoms with E-state index < -0.39 is 17.5 Å². The van der Waals surface area contributed by atoms with Crippen molar-refractivity contribution >= 4 is 18.1 Å². The molecule has 0 saturated heterocycles. The Morgan fingerprint density at radius 1 is 1.30 bits per heavy atom. The van der Waals surface area contributed by atoms with Crippen LogP contribution in [0.2, 0.25) is 0 Å². The molecule has 0 saturated carbocycles. The standard InChI is InChI=1S/C19H21F2N7O2/c1-13(6-7-27-10-22-8-17(27)26(2)12-29)24-19(30)18-23-11-28(25-18)9-14-15(20)4-3-5-16(14)21/h3-5,8,10-13H,6-7,9H2,1-2H3,(H,24,30). The summed E-state index contributed by atoms with van der Waals surface area (Å²) < 4.78 is 30.5. The molecule has 30 heavy (non-hydrogen) atoms. The molecule has 1 aromatic carbocycles. The van der Waals surface area contributed by atoms with E-state index >= 15 is 0 Å². The fourth-order valence-electron chi connectivity index (χ4n) is 2.85. The highest BCUT2D eigenvalue weighted by molar-refractivity contribution is 5.90. The Bertz CT molecular complexity index is 1010. The number of aromatic nitrogens is 5. The van der Waals surface area contributed by atoms with Gasteiger partial charge in [0.05, 0.1) is 19.1 Å². The van der Waals surface area contributed by atoms with Crippen LogP contribution in [0.4, 0.5) is 14.6 Å². The molecule has 9 nitrogen and oxygen atoms in total. The Labute approximate surface area is 171 Å². The average Bonchev–Trinajstić information content (AvgIpc) is 3.38. The number of halogens is 2. The van der Waals surface area contributed by atoms with Crippen molar-refractivity contribution < 1.29 is 18.4 Å². The lowest BCUT2D eigenvalue weighted by molar-refractivity contribution is -0.107. The van der Waals surface area contributed by atoms with Crippen LogP contribution >= 0.6 is 0 Å². The summed E-state index contributed by atoms with van der Waals surface area (Å²) in [7, 11) is 1.63. The van der Waals surface area contributed by atoms with Gasteiger partial charge in [-0.3, -0.25) is 9.59 Å². The lowest BCUT2D eigenvalue weighted by Gasteiger charge is -2.16. The van der Waals surface area contributed by atoms with Crippen molar-refractivity contribution in [2.24, 2.45) is 0 Å². The van der Waals surface area contributed by atoms with E-state index in [9.17, 15) is 18.4 Å². The predicted octanol–water partition coefficient (Wildman–Crippen LogP) is 1.60. The van der Waals surface area contributed by atoms with Gasteiger partial charge in [-0.05, 0) is 25.5 Å². The highest BCUT2D eigenvalue weighted by Gasteiger charge is 2.16. The van der Waals surface area contributed by atoms with Crippen LogP contribution in [-0.2, 0) is 17.9 Å². The minimum atomic E-state index is -0.691. The maximum Gasteiger partial charge on any atom is 0.291 e. The number of aryl methyl sites for hydroxylation is 1. The van der Waals surface area contributed by atoms with Crippen molar-refractivity contribution in [3.05, 3.63) is 60.1 Å². The number of anilines is 1. The molecule has 3 rings (SSSR count). The number of imidazole rings is 1. The SMILES string of the molecule is CC(CCn1cncc1N(C)C=O)NC(=O)c1ncn(Cc2c(F)cccc2F)n1. The summed E-state index contributed by atoms with van der Waals surface area (Å²) >= 11 is 0. The lowest BCUT2D eigenvalue weighted by atomic mass is 10.2. The molecular weight excluding hydrogens is 396 g/mol. The van der Waals surface area contributed by atoms with Gasteiger partial charge in [-0.1, -0.05) is 6.07 Å². The second-order valence-electron chi connectivity index (χ2n) is 6.79. The lowest BCUT2D eigenvalue weighted by Crippen LogP contribution is -2.34. The van der Waals surface area contributed by atoms with Crippen molar-refractivity contribution in [2.45, 2.75) is 32.5 Å². The molecule has 0 radical (unpaired) electrons. The molecule has 2 aromatic heterocycles. The molecule has 0 spiro atoms. The van der Waals surface area contributed by atoms with Crippen LogP contribution in [0.1, 0.15) is 29.5 Å². The van der Waals surface area contributed by atoms with Gasteiger partial charge in [-0.25, -0.2) is 23.4 Å². The third-order valence-corrected chi connectivity index (χ3v) is 4.51. The Balaban J connectivity index is 1.56. The van der Waals surface area contributed by atoms with E-state index in [1.165, 1.54) is 22.0 Å². The van der Waals surface area contributed by atoms with Crippen molar-refractivity contribution in [3.8, 4) is 0 Å². The van der Waals surface area contributed by atoms with Crippen molar-refractivity contribution in [1.29, 1.82) is 0 Å². The smallest absolute Gasteiger partial charge is 0.291 e. The van der Waals surface area contributed by atoms with E-state index in [1.807, 2.05) is 6.92 Å². The van der Waals surface area contributed by atoms with Crippen LogP contribution in [0.3, 0.4) is 0 Å². The largest absolute Gasteiger partial charge is 0.347 e. The normalized spacial score (nSPS) is 11.9. The highest BCUT2D eigenvalue weighted by Crippen LogP contribution is 2.14. The summed E-state index contributed by atoms with van der Waals surface area (Å²) in [5.74, 6) is -1.33. The zero-order valence-corrected chi connectivity index (χ0v) is 16.5. The Hall–Kier alpha value is -3.63. The van der Waals surface area contributed by atoms with Gasteiger partial charge in [-0.15, -0.1) is 5.10 Å². The summed E-state index contributed by atoms with van der Waals surface area (Å²) in [6, 6.07) is 3.37. The van der Waals surface area contributed by atoms with Crippen molar-refractivity contribution in [2.75, 3.05) is 11.9 Å². The topological polar surface area (TPSA) is 97.9 Å². The number of carbonyl (C=O) groups is 2. The first-order valence-corrected chi connectivity index (χ1v) is 9.20. The molecule has 0 aliphatic carbocycles. The van der Waals surface area contributed by atoms with E-state index in [-0.39, 0.29) is 24.0 Å². The summed E-state index contributed by atoms with van der Waals surface area (Å²) in [4.78, 5) is 32.6. The average molecular weight is 417 g/mol. The molecule has 158 valence electrons. The second-order valence-corrected chi connectivity index (χ2v) is 6.79. The molecule has 1 atom stereocenters. The first-order valence-electron chi connectivity index (χ1n) is 9.20. The van der Waals surface area contributed by atoms with Gasteiger partial charge in [-0.2, -0.15) is 0 Å². The number of hydrogen-bond acceptors (Lipinski definition) is 5. The van der Waals surface area contributed by atoms with E-state index in [4.69, 9.17) is 0 Å². The molecule has 0 fully saturated rings. The molecule has 1 unspecified atom stereocenters. The van der Waals surface area contributed by atoms with Crippen LogP contribution in [-0.4, -0.2) is 49.7 Å². The zero-order chi connectivity index (χ0) is 21.7. The molecule has 1 N–H and O–H groups in total. The first-order chi connectivity index (χ1) is 14.4. The number of nitrogens with zero attached hydrogens (tertiary/aromatic N) is 6. The van der Waals surface area contributed by atoms with Gasteiger partial charge in [0.25, 0.3) is 5.91 Å². The molecule has 2 amide bonds. The third-order valence-electron chi connectivity index (χ3n) is 4.51. The van der Waals surface area contributed by atoms with Crippen molar-refractivity contribution in [1.82, 2.24) is 29.6 Å². The number of hydrogen-bond donors (Lipinski definition) is 1. The Morgan fingerprint density at radius 2 is 2.03 bits per heavy atom. The molecule has 0 aliphatic rings. The number of rotatable bonds is 9. The van der Waals surface area contributed by atoms with Gasteiger partial charge in [0.15, 0.2) is 0 Å². The number of amides is 2. The Kier molecular flexibility index (Phi) is 6.50. The predicted molar refractivity (Wildman–Crippen MR) is 104 cm³/mol. The van der Waals surface area contributed by atoms with Crippen molar-refractivity contribution in [3.63, 3.8) is 0 Å². The first kappa shape index (κ1) is 21.1. The summed E-state index contributed by atoms with van der Waals surface area (Å²) in [5.41, 5.74) is -0.154. The van der Waals surface area contributed by atoms with Crippen LogP contribution < -0.4 is 10.2 Å². The van der Waals surface area contributed by atoms with E-state index in [1.54, 1.807) is 24.1 Å². The highest BCUT2D eigenvalue weighted by atomic mass is 19.1. The molecule has 0 bridgehead atoms. The van der Waals surface area contributed by atoms with Gasteiger partial charge in [0, 0.05) is 25.2 Å². The van der Waals surface area contributed by atoms with Gasteiger partial charge in [0.1, 0.15) is 23.8 Å². The summed E-state index contributed by atoms with van der Waals surface area (Å²) in [6.45, 7) is 2.18. The Morgan fingerprint density at radius 3 is 2.73 bits per heavy atom. The number of benzene rings is 1. The van der Waals surface area contributed by atoms with Gasteiger partial charge >= 0.3 is 0 Å². The van der Waals surface area contributed by atoms with Gasteiger partial charge in [0.2, 0.25) is 12.2 Å². The van der Waals surface area contributed by atoms with Crippen LogP contribution in [0.5, 0.6) is 0 Å². The fraction of sp³-hybridized carbons (Fsp3) is 0.316. The second kappa shape index (κ2) is 9.25. The van der Waals surface area contributed by atoms with E-state index in [2.05, 4.69) is 20.4 Å². The zero-order valence-electron chi connectivity index (χ0n) is 16.5.